The van der Waals surface area contributed by atoms with E-state index in [4.69, 9.17) is 4.42 Å². The molecule has 3 aromatic rings. The van der Waals surface area contributed by atoms with Crippen LogP contribution >= 0.6 is 0 Å². The molecule has 136 valence electrons. The van der Waals surface area contributed by atoms with Crippen LogP contribution in [0.2, 0.25) is 0 Å². The molecule has 0 spiro atoms. The van der Waals surface area contributed by atoms with Crippen LogP contribution in [0.5, 0.6) is 0 Å². The predicted molar refractivity (Wildman–Crippen MR) is 106 cm³/mol. The third-order valence-electron chi connectivity index (χ3n) is 4.54. The smallest absolute Gasteiger partial charge is 0.156 e. The van der Waals surface area contributed by atoms with Gasteiger partial charge in [-0.25, -0.2) is 8.42 Å². The second-order valence-electron chi connectivity index (χ2n) is 6.85. The molecule has 0 amide bonds. The fraction of sp³-hybridized carbons (Fsp3) is 0.273. The van der Waals surface area contributed by atoms with Gasteiger partial charge < -0.3 is 4.42 Å². The van der Waals surface area contributed by atoms with Crippen LogP contribution in [0.25, 0.3) is 11.3 Å². The van der Waals surface area contributed by atoms with Gasteiger partial charge in [0.2, 0.25) is 0 Å². The zero-order chi connectivity index (χ0) is 18.6. The Bertz CT molecular complexity index is 937. The molecule has 0 unspecified atom stereocenters. The summed E-state index contributed by atoms with van der Waals surface area (Å²) >= 11 is 0. The van der Waals surface area contributed by atoms with E-state index < -0.39 is 9.84 Å². The molecule has 0 saturated carbocycles. The molecule has 3 nitrogen and oxygen atoms in total. The van der Waals surface area contributed by atoms with Gasteiger partial charge >= 0.3 is 0 Å². The van der Waals surface area contributed by atoms with Gasteiger partial charge in [-0.05, 0) is 61.6 Å². The van der Waals surface area contributed by atoms with E-state index in [2.05, 4.69) is 12.1 Å². The lowest BCUT2D eigenvalue weighted by Gasteiger charge is -2.09. The highest BCUT2D eigenvalue weighted by Crippen LogP contribution is 2.21. The van der Waals surface area contributed by atoms with Gasteiger partial charge in [-0.15, -0.1) is 0 Å². The van der Waals surface area contributed by atoms with Crippen molar-refractivity contribution in [3.05, 3.63) is 83.6 Å². The Balaban J connectivity index is 1.63. The number of benzene rings is 2. The van der Waals surface area contributed by atoms with Gasteiger partial charge in [0.1, 0.15) is 5.76 Å². The minimum Gasteiger partial charge on any atom is -0.464 e. The molecule has 0 bridgehead atoms. The lowest BCUT2D eigenvalue weighted by Crippen LogP contribution is -2.15. The quantitative estimate of drug-likeness (QED) is 0.586. The Labute approximate surface area is 155 Å². The molecule has 2 aromatic carbocycles. The highest BCUT2D eigenvalue weighted by Gasteiger charge is 2.16. The van der Waals surface area contributed by atoms with Crippen LogP contribution in [-0.2, 0) is 28.4 Å². The molecule has 3 rings (SSSR count). The molecule has 1 aromatic heterocycles. The molecule has 0 atom stereocenters. The molecule has 0 aliphatic heterocycles. The maximum absolute atomic E-state index is 12.0. The largest absolute Gasteiger partial charge is 0.464 e. The summed E-state index contributed by atoms with van der Waals surface area (Å²) in [5.41, 5.74) is 4.40. The Kier molecular flexibility index (Phi) is 5.62. The first kappa shape index (κ1) is 18.5. The Morgan fingerprint density at radius 2 is 1.54 bits per heavy atom. The molecule has 0 saturated heterocycles. The van der Waals surface area contributed by atoms with Crippen molar-refractivity contribution in [3.63, 3.8) is 0 Å². The average molecular weight is 368 g/mol. The van der Waals surface area contributed by atoms with Gasteiger partial charge in [-0.1, -0.05) is 42.5 Å². The van der Waals surface area contributed by atoms with Gasteiger partial charge in [0, 0.05) is 5.56 Å². The van der Waals surface area contributed by atoms with Crippen LogP contribution in [0.1, 0.15) is 30.5 Å². The van der Waals surface area contributed by atoms with Crippen molar-refractivity contribution in [2.45, 2.75) is 37.7 Å². The number of sulfone groups is 1. The van der Waals surface area contributed by atoms with Crippen molar-refractivity contribution in [2.24, 2.45) is 0 Å². The van der Waals surface area contributed by atoms with Gasteiger partial charge in [0.25, 0.3) is 0 Å². The first-order valence-electron chi connectivity index (χ1n) is 8.86. The standard InChI is InChI=1S/C22H24O3S/c1-17(2)26(23,24)16-20-12-9-18(10-13-20)8-11-19-5-3-6-21(15-19)22-7-4-14-25-22/h3-7,9-10,12-15,17H,8,11,16H2,1-2H3. The van der Waals surface area contributed by atoms with Crippen LogP contribution in [0, 0.1) is 0 Å². The fourth-order valence-corrected chi connectivity index (χ4v) is 3.80. The van der Waals surface area contributed by atoms with E-state index in [1.165, 1.54) is 11.1 Å². The van der Waals surface area contributed by atoms with Gasteiger partial charge in [0.05, 0.1) is 17.3 Å². The zero-order valence-electron chi connectivity index (χ0n) is 15.2. The van der Waals surface area contributed by atoms with Crippen LogP contribution in [-0.4, -0.2) is 13.7 Å². The number of aryl methyl sites for hydroxylation is 2. The van der Waals surface area contributed by atoms with E-state index in [1.54, 1.807) is 20.1 Å². The number of furan rings is 1. The van der Waals surface area contributed by atoms with Gasteiger partial charge in [-0.3, -0.25) is 0 Å². The number of rotatable bonds is 7. The average Bonchev–Trinajstić information content (AvgIpc) is 3.16. The summed E-state index contributed by atoms with van der Waals surface area (Å²) in [6.07, 6.45) is 3.53. The fourth-order valence-electron chi connectivity index (χ4n) is 2.81. The highest BCUT2D eigenvalue weighted by atomic mass is 32.2. The van der Waals surface area contributed by atoms with Gasteiger partial charge in [-0.2, -0.15) is 0 Å². The van der Waals surface area contributed by atoms with Crippen LogP contribution in [0.3, 0.4) is 0 Å². The molecule has 0 N–H and O–H groups in total. The topological polar surface area (TPSA) is 47.3 Å². The van der Waals surface area contributed by atoms with Crippen molar-refractivity contribution in [1.82, 2.24) is 0 Å². The van der Waals surface area contributed by atoms with Crippen LogP contribution in [0.15, 0.2) is 71.3 Å². The third kappa shape index (κ3) is 4.64. The Morgan fingerprint density at radius 1 is 0.846 bits per heavy atom. The van der Waals surface area contributed by atoms with Crippen molar-refractivity contribution in [3.8, 4) is 11.3 Å². The first-order chi connectivity index (χ1) is 12.4. The molecular formula is C22H24O3S. The monoisotopic (exact) mass is 368 g/mol. The second kappa shape index (κ2) is 7.92. The van der Waals surface area contributed by atoms with Crippen molar-refractivity contribution >= 4 is 9.84 Å². The molecule has 0 fully saturated rings. The molecule has 1 heterocycles. The summed E-state index contributed by atoms with van der Waals surface area (Å²) in [5, 5.41) is -0.344. The second-order valence-corrected chi connectivity index (χ2v) is 9.41. The third-order valence-corrected chi connectivity index (χ3v) is 6.72. The van der Waals surface area contributed by atoms with E-state index in [-0.39, 0.29) is 11.0 Å². The lowest BCUT2D eigenvalue weighted by molar-refractivity contribution is 0.582. The molecular weight excluding hydrogens is 344 g/mol. The molecule has 26 heavy (non-hydrogen) atoms. The highest BCUT2D eigenvalue weighted by molar-refractivity contribution is 7.91. The maximum Gasteiger partial charge on any atom is 0.156 e. The lowest BCUT2D eigenvalue weighted by atomic mass is 10.0. The molecule has 0 aliphatic carbocycles. The van der Waals surface area contributed by atoms with Gasteiger partial charge in [0.15, 0.2) is 9.84 Å². The Hall–Kier alpha value is -2.33. The summed E-state index contributed by atoms with van der Waals surface area (Å²) in [6, 6.07) is 20.1. The van der Waals surface area contributed by atoms with Crippen LogP contribution in [0.4, 0.5) is 0 Å². The maximum atomic E-state index is 12.0. The number of hydrogen-bond donors (Lipinski definition) is 0. The normalized spacial score (nSPS) is 11.8. The SMILES string of the molecule is CC(C)S(=O)(=O)Cc1ccc(CCc2cccc(-c3ccco3)c2)cc1. The molecule has 0 aliphatic rings. The van der Waals surface area contributed by atoms with E-state index in [0.29, 0.717) is 0 Å². The minimum absolute atomic E-state index is 0.107. The predicted octanol–water partition coefficient (Wildman–Crippen LogP) is 5.06. The Morgan fingerprint density at radius 3 is 2.19 bits per heavy atom. The summed E-state index contributed by atoms with van der Waals surface area (Å²) in [5.74, 6) is 0.985. The first-order valence-corrected chi connectivity index (χ1v) is 10.6. The van der Waals surface area contributed by atoms with E-state index in [1.807, 2.05) is 48.5 Å². The minimum atomic E-state index is -3.05. The van der Waals surface area contributed by atoms with Crippen molar-refractivity contribution in [2.75, 3.05) is 0 Å². The zero-order valence-corrected chi connectivity index (χ0v) is 16.0. The summed E-state index contributed by atoms with van der Waals surface area (Å²) in [4.78, 5) is 0. The molecule has 4 heteroatoms. The summed E-state index contributed by atoms with van der Waals surface area (Å²) in [6.45, 7) is 3.45. The van der Waals surface area contributed by atoms with Crippen LogP contribution < -0.4 is 0 Å². The van der Waals surface area contributed by atoms with Crippen molar-refractivity contribution in [1.29, 1.82) is 0 Å². The number of hydrogen-bond acceptors (Lipinski definition) is 3. The van der Waals surface area contributed by atoms with E-state index >= 15 is 0 Å². The molecule has 0 radical (unpaired) electrons. The summed E-state index contributed by atoms with van der Waals surface area (Å²) in [7, 11) is -3.05. The van der Waals surface area contributed by atoms with E-state index in [9.17, 15) is 8.42 Å². The van der Waals surface area contributed by atoms with E-state index in [0.717, 1.165) is 29.7 Å². The van der Waals surface area contributed by atoms with Crippen molar-refractivity contribution < 1.29 is 12.8 Å². The summed E-state index contributed by atoms with van der Waals surface area (Å²) < 4.78 is 29.5.